The monoisotopic (exact) mass is 150 g/mol. The lowest BCUT2D eigenvalue weighted by atomic mass is 11.0. The predicted molar refractivity (Wildman–Crippen MR) is 37.2 cm³/mol. The first-order chi connectivity index (χ1) is 4.16. The molecule has 1 rings (SSSR count). The summed E-state index contributed by atoms with van der Waals surface area (Å²) in [5.74, 6) is 0. The Labute approximate surface area is 58.1 Å². The van der Waals surface area contributed by atoms with Crippen LogP contribution in [0.15, 0.2) is 0 Å². The van der Waals surface area contributed by atoms with Crippen LogP contribution in [-0.4, -0.2) is 27.9 Å². The Hall–Kier alpha value is -0.380. The van der Waals surface area contributed by atoms with Gasteiger partial charge in [0.15, 0.2) is 0 Å². The number of hydrogen-bond acceptors (Lipinski definition) is 2. The van der Waals surface area contributed by atoms with Crippen molar-refractivity contribution in [3.63, 3.8) is 0 Å². The van der Waals surface area contributed by atoms with Gasteiger partial charge in [0.1, 0.15) is 0 Å². The minimum atomic E-state index is -1.83. The molecule has 0 aromatic carbocycles. The lowest BCUT2D eigenvalue weighted by molar-refractivity contribution is 0.137. The van der Waals surface area contributed by atoms with Gasteiger partial charge >= 0.3 is 6.16 Å². The lowest BCUT2D eigenvalue weighted by Crippen LogP contribution is -1.81. The molecule has 54 valence electrons. The molecule has 1 fully saturated rings. The fraction of sp³-hybridized carbons (Fsp3) is 0.800. The van der Waals surface area contributed by atoms with E-state index in [0.717, 1.165) is 5.25 Å². The molecule has 0 saturated heterocycles. The average molecular weight is 150 g/mol. The smallest absolute Gasteiger partial charge is 0.450 e. The molecule has 4 heteroatoms. The third-order valence-corrected chi connectivity index (χ3v) is 2.00. The molecule has 0 spiro atoms. The summed E-state index contributed by atoms with van der Waals surface area (Å²) in [5.41, 5.74) is 0. The summed E-state index contributed by atoms with van der Waals surface area (Å²) in [4.78, 5) is 8.56. The van der Waals surface area contributed by atoms with E-state index in [4.69, 9.17) is 15.0 Å². The fourth-order valence-corrected chi connectivity index (χ4v) is 0.911. The van der Waals surface area contributed by atoms with E-state index in [1.165, 1.54) is 12.8 Å². The Bertz CT molecular complexity index is 86.2. The van der Waals surface area contributed by atoms with Crippen molar-refractivity contribution in [3.05, 3.63) is 0 Å². The largest absolute Gasteiger partial charge is 0.503 e. The summed E-state index contributed by atoms with van der Waals surface area (Å²) in [7, 11) is 0. The molecular weight excluding hydrogens is 140 g/mol. The van der Waals surface area contributed by atoms with Crippen molar-refractivity contribution in [2.24, 2.45) is 0 Å². The Morgan fingerprint density at radius 1 is 1.56 bits per heavy atom. The first-order valence-electron chi connectivity index (χ1n) is 2.61. The minimum absolute atomic E-state index is 1.05. The second kappa shape index (κ2) is 4.49. The molecule has 0 heterocycles. The van der Waals surface area contributed by atoms with E-state index in [0.29, 0.717) is 0 Å². The van der Waals surface area contributed by atoms with Crippen molar-refractivity contribution in [1.82, 2.24) is 0 Å². The van der Waals surface area contributed by atoms with Crippen LogP contribution >= 0.6 is 11.8 Å². The van der Waals surface area contributed by atoms with Crippen LogP contribution in [0.1, 0.15) is 12.8 Å². The van der Waals surface area contributed by atoms with Crippen molar-refractivity contribution in [3.8, 4) is 0 Å². The summed E-state index contributed by atoms with van der Waals surface area (Å²) in [5, 5.41) is 15.0. The number of thioether (sulfide) groups is 1. The second-order valence-corrected chi connectivity index (χ2v) is 2.86. The highest BCUT2D eigenvalue weighted by atomic mass is 32.2. The molecule has 0 atom stereocenters. The van der Waals surface area contributed by atoms with Gasteiger partial charge in [0.05, 0.1) is 0 Å². The third-order valence-electron chi connectivity index (χ3n) is 0.858. The third kappa shape index (κ3) is 11.3. The highest BCUT2D eigenvalue weighted by Crippen LogP contribution is 2.31. The molecule has 1 saturated carbocycles. The Morgan fingerprint density at radius 3 is 1.89 bits per heavy atom. The van der Waals surface area contributed by atoms with Crippen molar-refractivity contribution in [2.75, 3.05) is 6.26 Å². The van der Waals surface area contributed by atoms with Gasteiger partial charge < -0.3 is 10.2 Å². The van der Waals surface area contributed by atoms with Crippen LogP contribution in [0.3, 0.4) is 0 Å². The van der Waals surface area contributed by atoms with Crippen LogP contribution in [0.25, 0.3) is 0 Å². The fourth-order valence-electron chi connectivity index (χ4n) is 0.304. The molecule has 3 nitrogen and oxygen atoms in total. The molecule has 0 bridgehead atoms. The topological polar surface area (TPSA) is 57.5 Å². The molecule has 0 amide bonds. The first-order valence-corrected chi connectivity index (χ1v) is 3.90. The van der Waals surface area contributed by atoms with E-state index >= 15 is 0 Å². The average Bonchev–Trinajstić information content (AvgIpc) is 2.43. The van der Waals surface area contributed by atoms with E-state index in [-0.39, 0.29) is 0 Å². The van der Waals surface area contributed by atoms with Crippen LogP contribution in [-0.2, 0) is 0 Å². The summed E-state index contributed by atoms with van der Waals surface area (Å²) in [6.07, 6.45) is 3.29. The minimum Gasteiger partial charge on any atom is -0.450 e. The zero-order valence-electron chi connectivity index (χ0n) is 5.20. The SMILES string of the molecule is CSC1CC1.O=C(O)O. The van der Waals surface area contributed by atoms with Crippen LogP contribution in [0.4, 0.5) is 4.79 Å². The number of carboxylic acid groups (broad SMARTS) is 2. The molecule has 0 radical (unpaired) electrons. The van der Waals surface area contributed by atoms with E-state index in [1.54, 1.807) is 0 Å². The molecule has 0 aromatic heterocycles. The van der Waals surface area contributed by atoms with E-state index in [2.05, 4.69) is 6.26 Å². The van der Waals surface area contributed by atoms with Crippen LogP contribution in [0.2, 0.25) is 0 Å². The Kier molecular flexibility index (Phi) is 4.30. The predicted octanol–water partition coefficient (Wildman–Crippen LogP) is 1.73. The van der Waals surface area contributed by atoms with Crippen LogP contribution in [0.5, 0.6) is 0 Å². The van der Waals surface area contributed by atoms with Crippen molar-refractivity contribution < 1.29 is 15.0 Å². The molecule has 0 aromatic rings. The molecule has 1 aliphatic rings. The molecule has 1 aliphatic carbocycles. The highest BCUT2D eigenvalue weighted by molar-refractivity contribution is 7.99. The zero-order chi connectivity index (χ0) is 7.28. The lowest BCUT2D eigenvalue weighted by Gasteiger charge is -1.74. The van der Waals surface area contributed by atoms with Gasteiger partial charge in [0, 0.05) is 5.25 Å². The zero-order valence-corrected chi connectivity index (χ0v) is 6.02. The summed E-state index contributed by atoms with van der Waals surface area (Å²) >= 11 is 1.99. The summed E-state index contributed by atoms with van der Waals surface area (Å²) < 4.78 is 0. The van der Waals surface area contributed by atoms with Crippen molar-refractivity contribution in [2.45, 2.75) is 18.1 Å². The van der Waals surface area contributed by atoms with E-state index in [1.807, 2.05) is 11.8 Å². The maximum absolute atomic E-state index is 8.56. The molecule has 0 unspecified atom stereocenters. The Morgan fingerprint density at radius 2 is 1.89 bits per heavy atom. The van der Waals surface area contributed by atoms with Crippen LogP contribution in [0, 0.1) is 0 Å². The number of carbonyl (C=O) groups is 1. The summed E-state index contributed by atoms with van der Waals surface area (Å²) in [6.45, 7) is 0. The van der Waals surface area contributed by atoms with Gasteiger partial charge in [-0.2, -0.15) is 11.8 Å². The van der Waals surface area contributed by atoms with Gasteiger partial charge in [0.2, 0.25) is 0 Å². The van der Waals surface area contributed by atoms with Gasteiger partial charge in [-0.3, -0.25) is 0 Å². The molecule has 9 heavy (non-hydrogen) atoms. The van der Waals surface area contributed by atoms with Crippen molar-refractivity contribution >= 4 is 17.9 Å². The van der Waals surface area contributed by atoms with Gasteiger partial charge in [-0.1, -0.05) is 0 Å². The second-order valence-electron chi connectivity index (χ2n) is 1.72. The maximum Gasteiger partial charge on any atom is 0.503 e. The molecule has 0 aliphatic heterocycles. The van der Waals surface area contributed by atoms with Gasteiger partial charge in [-0.05, 0) is 19.1 Å². The van der Waals surface area contributed by atoms with E-state index in [9.17, 15) is 0 Å². The maximum atomic E-state index is 8.56. The normalized spacial score (nSPS) is 15.7. The highest BCUT2D eigenvalue weighted by Gasteiger charge is 2.18. The van der Waals surface area contributed by atoms with E-state index < -0.39 is 6.16 Å². The van der Waals surface area contributed by atoms with Gasteiger partial charge in [-0.25, -0.2) is 4.79 Å². The molecule has 2 N–H and O–H groups in total. The van der Waals surface area contributed by atoms with Gasteiger partial charge in [-0.15, -0.1) is 0 Å². The molecular formula is C5H10O3S. The van der Waals surface area contributed by atoms with Gasteiger partial charge in [0.25, 0.3) is 0 Å². The Balaban J connectivity index is 0.000000148. The number of rotatable bonds is 1. The standard InChI is InChI=1S/C4H8S.CH2O3/c1-5-4-2-3-4;2-1(3)4/h4H,2-3H2,1H3;(H2,2,3,4). The first kappa shape index (κ1) is 8.62. The van der Waals surface area contributed by atoms with Crippen molar-refractivity contribution in [1.29, 1.82) is 0 Å². The number of hydrogen-bond donors (Lipinski definition) is 2. The quantitative estimate of drug-likeness (QED) is 0.597. The van der Waals surface area contributed by atoms with Crippen LogP contribution < -0.4 is 0 Å². The summed E-state index contributed by atoms with van der Waals surface area (Å²) in [6, 6.07) is 0.